The average Bonchev–Trinajstić information content (AvgIpc) is 3.17. The Bertz CT molecular complexity index is 932. The molecule has 0 spiro atoms. The van der Waals surface area contributed by atoms with Crippen molar-refractivity contribution in [1.29, 1.82) is 0 Å². The van der Waals surface area contributed by atoms with Crippen LogP contribution < -0.4 is 14.8 Å². The van der Waals surface area contributed by atoms with E-state index in [2.05, 4.69) is 33.4 Å². The molecule has 0 aliphatic carbocycles. The number of methoxy groups -OCH3 is 2. The van der Waals surface area contributed by atoms with Crippen LogP contribution in [0.4, 0.5) is 0 Å². The summed E-state index contributed by atoms with van der Waals surface area (Å²) in [5, 5.41) is 4.55. The number of para-hydroxylation sites is 1. The molecule has 0 saturated heterocycles. The molecule has 1 heterocycles. The molecular weight excluding hydrogens is 366 g/mol. The van der Waals surface area contributed by atoms with Crippen LogP contribution in [0.25, 0.3) is 11.0 Å². The number of fused-ring (bicyclic) bond motifs is 1. The summed E-state index contributed by atoms with van der Waals surface area (Å²) in [6.45, 7) is 1.59. The fourth-order valence-corrected chi connectivity index (χ4v) is 3.28. The predicted molar refractivity (Wildman–Crippen MR) is 117 cm³/mol. The summed E-state index contributed by atoms with van der Waals surface area (Å²) in [5.74, 6) is 3.33. The van der Waals surface area contributed by atoms with Crippen molar-refractivity contribution in [1.82, 2.24) is 10.2 Å². The lowest BCUT2D eigenvalue weighted by Gasteiger charge is -2.22. The Morgan fingerprint density at radius 1 is 1.03 bits per heavy atom. The van der Waals surface area contributed by atoms with Crippen LogP contribution >= 0.6 is 0 Å². The summed E-state index contributed by atoms with van der Waals surface area (Å²) in [7, 11) is 7.14. The van der Waals surface area contributed by atoms with Crippen molar-refractivity contribution in [2.24, 2.45) is 4.99 Å². The number of ether oxygens (including phenoxy) is 2. The van der Waals surface area contributed by atoms with E-state index in [1.165, 1.54) is 5.56 Å². The number of hydrogen-bond donors (Lipinski definition) is 1. The molecule has 154 valence electrons. The molecule has 0 bridgehead atoms. The van der Waals surface area contributed by atoms with Crippen molar-refractivity contribution in [2.75, 3.05) is 41.4 Å². The quantitative estimate of drug-likeness (QED) is 0.465. The Balaban J connectivity index is 1.50. The number of nitrogens with zero attached hydrogens (tertiary/aromatic N) is 2. The average molecular weight is 396 g/mol. The van der Waals surface area contributed by atoms with Gasteiger partial charge in [0.2, 0.25) is 0 Å². The van der Waals surface area contributed by atoms with Gasteiger partial charge >= 0.3 is 0 Å². The van der Waals surface area contributed by atoms with Gasteiger partial charge in [-0.3, -0.25) is 4.99 Å². The van der Waals surface area contributed by atoms with E-state index >= 15 is 0 Å². The molecule has 0 aliphatic rings. The van der Waals surface area contributed by atoms with Crippen LogP contribution in [-0.4, -0.2) is 52.3 Å². The van der Waals surface area contributed by atoms with Crippen molar-refractivity contribution in [3.05, 3.63) is 59.9 Å². The first kappa shape index (κ1) is 20.6. The Hall–Kier alpha value is -3.15. The lowest BCUT2D eigenvalue weighted by molar-refractivity contribution is 0.354. The highest BCUT2D eigenvalue weighted by Crippen LogP contribution is 2.27. The molecule has 6 heteroatoms. The smallest absolute Gasteiger partial charge is 0.193 e. The minimum atomic E-state index is 0.743. The number of nitrogens with one attached hydrogen (secondary N) is 1. The zero-order valence-electron chi connectivity index (χ0n) is 17.6. The first-order chi connectivity index (χ1) is 14.1. The van der Waals surface area contributed by atoms with E-state index in [0.717, 1.165) is 60.1 Å². The molecule has 2 aromatic carbocycles. The Morgan fingerprint density at radius 3 is 2.55 bits per heavy atom. The number of hydrogen-bond acceptors (Lipinski definition) is 4. The SMILES string of the molecule is CN=C(NCCc1cc2ccccc2o1)N(C)CCc1ccc(OC)c(OC)c1. The summed E-state index contributed by atoms with van der Waals surface area (Å²) >= 11 is 0. The van der Waals surface area contributed by atoms with Crippen LogP contribution in [0, 0.1) is 0 Å². The molecule has 3 rings (SSSR count). The largest absolute Gasteiger partial charge is 0.493 e. The van der Waals surface area contributed by atoms with E-state index in [1.54, 1.807) is 21.3 Å². The van der Waals surface area contributed by atoms with Gasteiger partial charge in [-0.2, -0.15) is 0 Å². The van der Waals surface area contributed by atoms with Gasteiger partial charge in [0.05, 0.1) is 14.2 Å². The summed E-state index contributed by atoms with van der Waals surface area (Å²) < 4.78 is 16.6. The zero-order valence-corrected chi connectivity index (χ0v) is 17.6. The fraction of sp³-hybridized carbons (Fsp3) is 0.348. The second-order valence-electron chi connectivity index (χ2n) is 6.84. The van der Waals surface area contributed by atoms with Crippen molar-refractivity contribution in [3.63, 3.8) is 0 Å². The zero-order chi connectivity index (χ0) is 20.6. The molecule has 0 saturated carbocycles. The molecule has 6 nitrogen and oxygen atoms in total. The van der Waals surface area contributed by atoms with E-state index in [9.17, 15) is 0 Å². The van der Waals surface area contributed by atoms with Gasteiger partial charge in [-0.1, -0.05) is 24.3 Å². The van der Waals surface area contributed by atoms with Gasteiger partial charge in [0.1, 0.15) is 11.3 Å². The summed E-state index contributed by atoms with van der Waals surface area (Å²) in [5.41, 5.74) is 2.12. The summed E-state index contributed by atoms with van der Waals surface area (Å²) in [4.78, 5) is 6.51. The monoisotopic (exact) mass is 395 g/mol. The van der Waals surface area contributed by atoms with Crippen molar-refractivity contribution >= 4 is 16.9 Å². The molecular formula is C23H29N3O3. The van der Waals surface area contributed by atoms with Crippen LogP contribution in [-0.2, 0) is 12.8 Å². The van der Waals surface area contributed by atoms with Crippen LogP contribution in [0.1, 0.15) is 11.3 Å². The third-order valence-electron chi connectivity index (χ3n) is 4.89. The van der Waals surface area contributed by atoms with Gasteiger partial charge in [0, 0.05) is 39.0 Å². The van der Waals surface area contributed by atoms with E-state index < -0.39 is 0 Å². The standard InChI is InChI=1S/C23H29N3O3/c1-24-23(25-13-11-19-16-18-7-5-6-8-20(18)29-19)26(2)14-12-17-9-10-21(27-3)22(15-17)28-4/h5-10,15-16H,11-14H2,1-4H3,(H,24,25). The van der Waals surface area contributed by atoms with Crippen LogP contribution in [0.15, 0.2) is 57.9 Å². The number of furan rings is 1. The first-order valence-corrected chi connectivity index (χ1v) is 9.74. The number of likely N-dealkylation sites (N-methyl/N-ethyl adjacent to an activating group) is 1. The maximum atomic E-state index is 5.87. The van der Waals surface area contributed by atoms with E-state index in [4.69, 9.17) is 13.9 Å². The lowest BCUT2D eigenvalue weighted by Crippen LogP contribution is -2.40. The number of benzene rings is 2. The molecule has 3 aromatic rings. The van der Waals surface area contributed by atoms with Crippen molar-refractivity contribution in [2.45, 2.75) is 12.8 Å². The fourth-order valence-electron chi connectivity index (χ4n) is 3.28. The van der Waals surface area contributed by atoms with Gasteiger partial charge in [-0.05, 0) is 36.2 Å². The molecule has 0 amide bonds. The van der Waals surface area contributed by atoms with Crippen LogP contribution in [0.5, 0.6) is 11.5 Å². The second-order valence-corrected chi connectivity index (χ2v) is 6.84. The van der Waals surface area contributed by atoms with E-state index in [1.807, 2.05) is 37.4 Å². The first-order valence-electron chi connectivity index (χ1n) is 9.74. The third kappa shape index (κ3) is 5.22. The second kappa shape index (κ2) is 9.87. The molecule has 29 heavy (non-hydrogen) atoms. The Labute approximate surface area is 172 Å². The molecule has 0 atom stereocenters. The number of guanidine groups is 1. The highest BCUT2D eigenvalue weighted by Gasteiger charge is 2.09. The number of aliphatic imine (C=N–C) groups is 1. The highest BCUT2D eigenvalue weighted by atomic mass is 16.5. The van der Waals surface area contributed by atoms with Gasteiger partial charge in [-0.25, -0.2) is 0 Å². The van der Waals surface area contributed by atoms with Gasteiger partial charge in [0.25, 0.3) is 0 Å². The molecule has 1 N–H and O–H groups in total. The topological polar surface area (TPSA) is 59.2 Å². The molecule has 0 fully saturated rings. The summed E-state index contributed by atoms with van der Waals surface area (Å²) in [6.07, 6.45) is 1.68. The Morgan fingerprint density at radius 2 is 1.83 bits per heavy atom. The predicted octanol–water partition coefficient (Wildman–Crippen LogP) is 3.74. The lowest BCUT2D eigenvalue weighted by atomic mass is 10.1. The van der Waals surface area contributed by atoms with E-state index in [0.29, 0.717) is 0 Å². The minimum Gasteiger partial charge on any atom is -0.493 e. The van der Waals surface area contributed by atoms with Crippen LogP contribution in [0.2, 0.25) is 0 Å². The maximum absolute atomic E-state index is 5.87. The molecule has 0 unspecified atom stereocenters. The maximum Gasteiger partial charge on any atom is 0.193 e. The third-order valence-corrected chi connectivity index (χ3v) is 4.89. The van der Waals surface area contributed by atoms with Crippen LogP contribution in [0.3, 0.4) is 0 Å². The highest BCUT2D eigenvalue weighted by molar-refractivity contribution is 5.80. The minimum absolute atomic E-state index is 0.743. The van der Waals surface area contributed by atoms with Gasteiger partial charge in [0.15, 0.2) is 17.5 Å². The summed E-state index contributed by atoms with van der Waals surface area (Å²) in [6, 6.07) is 16.2. The van der Waals surface area contributed by atoms with Gasteiger partial charge < -0.3 is 24.1 Å². The molecule has 0 aliphatic heterocycles. The van der Waals surface area contributed by atoms with Gasteiger partial charge in [-0.15, -0.1) is 0 Å². The van der Waals surface area contributed by atoms with Crippen molar-refractivity contribution < 1.29 is 13.9 Å². The molecule has 1 aromatic heterocycles. The number of rotatable bonds is 8. The van der Waals surface area contributed by atoms with Crippen molar-refractivity contribution in [3.8, 4) is 11.5 Å². The normalized spacial score (nSPS) is 11.5. The Kier molecular flexibility index (Phi) is 7.00. The molecule has 0 radical (unpaired) electrons. The van der Waals surface area contributed by atoms with E-state index in [-0.39, 0.29) is 0 Å².